The van der Waals surface area contributed by atoms with Gasteiger partial charge >= 0.3 is 0 Å². The van der Waals surface area contributed by atoms with Gasteiger partial charge in [0.25, 0.3) is 0 Å². The first-order valence-corrected chi connectivity index (χ1v) is 6.72. The Morgan fingerprint density at radius 2 is 2.37 bits per heavy atom. The summed E-state index contributed by atoms with van der Waals surface area (Å²) in [4.78, 5) is 18.5. The number of aromatic nitrogens is 2. The molecular formula is C14H14BrN3O. The second-order valence-corrected chi connectivity index (χ2v) is 4.92. The molecule has 0 atom stereocenters. The number of nitrogens with zero attached hydrogens (tertiary/aromatic N) is 1. The Hall–Kier alpha value is -1.88. The monoisotopic (exact) mass is 319 g/mol. The summed E-state index contributed by atoms with van der Waals surface area (Å²) in [5.74, 6) is -0.0977. The van der Waals surface area contributed by atoms with E-state index < -0.39 is 0 Å². The highest BCUT2D eigenvalue weighted by molar-refractivity contribution is 9.10. The number of hydrogen-bond donors (Lipinski definition) is 2. The fraction of sp³-hybridized carbons (Fsp3) is 0.143. The Morgan fingerprint density at radius 1 is 1.47 bits per heavy atom. The highest BCUT2D eigenvalue weighted by Gasteiger charge is 1.97. The average molecular weight is 320 g/mol. The third-order valence-corrected chi connectivity index (χ3v) is 3.02. The van der Waals surface area contributed by atoms with Crippen molar-refractivity contribution in [3.8, 4) is 0 Å². The zero-order valence-electron chi connectivity index (χ0n) is 10.3. The molecule has 0 saturated heterocycles. The Labute approximate surface area is 120 Å². The number of halogens is 1. The van der Waals surface area contributed by atoms with Gasteiger partial charge in [0.1, 0.15) is 0 Å². The number of carbonyl (C=O) groups excluding carboxylic acids is 1. The maximum Gasteiger partial charge on any atom is 0.244 e. The zero-order valence-corrected chi connectivity index (χ0v) is 11.9. The third-order valence-electron chi connectivity index (χ3n) is 2.52. The van der Waals surface area contributed by atoms with Crippen LogP contribution in [0.2, 0.25) is 0 Å². The number of H-pyrrole nitrogens is 1. The van der Waals surface area contributed by atoms with E-state index in [9.17, 15) is 4.79 Å². The topological polar surface area (TPSA) is 57.8 Å². The van der Waals surface area contributed by atoms with Gasteiger partial charge in [-0.25, -0.2) is 4.98 Å². The number of aromatic amines is 1. The van der Waals surface area contributed by atoms with E-state index in [-0.39, 0.29) is 5.91 Å². The molecule has 98 valence electrons. The lowest BCUT2D eigenvalue weighted by Gasteiger charge is -2.00. The first-order chi connectivity index (χ1) is 9.24. The van der Waals surface area contributed by atoms with Gasteiger partial charge in [-0.15, -0.1) is 0 Å². The number of rotatable bonds is 5. The molecule has 0 fully saturated rings. The van der Waals surface area contributed by atoms with E-state index in [1.54, 1.807) is 18.6 Å². The van der Waals surface area contributed by atoms with Crippen LogP contribution in [-0.4, -0.2) is 22.4 Å². The summed E-state index contributed by atoms with van der Waals surface area (Å²) in [6, 6.07) is 7.77. The lowest BCUT2D eigenvalue weighted by molar-refractivity contribution is -0.116. The number of amides is 1. The van der Waals surface area contributed by atoms with Crippen LogP contribution in [-0.2, 0) is 11.2 Å². The maximum atomic E-state index is 11.6. The molecule has 0 aliphatic rings. The van der Waals surface area contributed by atoms with Crippen molar-refractivity contribution >= 4 is 27.9 Å². The molecule has 0 bridgehead atoms. The molecule has 0 saturated carbocycles. The highest BCUT2D eigenvalue weighted by atomic mass is 79.9. The molecule has 2 N–H and O–H groups in total. The van der Waals surface area contributed by atoms with E-state index in [2.05, 4.69) is 31.2 Å². The third kappa shape index (κ3) is 4.71. The number of carbonyl (C=O) groups is 1. The first kappa shape index (κ1) is 13.5. The van der Waals surface area contributed by atoms with Gasteiger partial charge in [-0.05, 0) is 23.8 Å². The molecule has 0 aliphatic carbocycles. The van der Waals surface area contributed by atoms with E-state index in [1.807, 2.05) is 24.3 Å². The van der Waals surface area contributed by atoms with Crippen molar-refractivity contribution < 1.29 is 4.79 Å². The van der Waals surface area contributed by atoms with Crippen molar-refractivity contribution in [3.05, 3.63) is 58.6 Å². The van der Waals surface area contributed by atoms with Crippen LogP contribution < -0.4 is 5.32 Å². The van der Waals surface area contributed by atoms with Crippen molar-refractivity contribution in [2.24, 2.45) is 0 Å². The summed E-state index contributed by atoms with van der Waals surface area (Å²) in [5.41, 5.74) is 1.99. The highest BCUT2D eigenvalue weighted by Crippen LogP contribution is 2.12. The second kappa shape index (κ2) is 6.89. The van der Waals surface area contributed by atoms with Crippen molar-refractivity contribution in [1.29, 1.82) is 0 Å². The zero-order chi connectivity index (χ0) is 13.5. The second-order valence-electron chi connectivity index (χ2n) is 4.01. The fourth-order valence-electron chi connectivity index (χ4n) is 1.58. The normalized spacial score (nSPS) is 10.8. The van der Waals surface area contributed by atoms with Gasteiger partial charge in [-0.1, -0.05) is 28.1 Å². The molecule has 19 heavy (non-hydrogen) atoms. The van der Waals surface area contributed by atoms with Crippen LogP contribution in [0.1, 0.15) is 11.3 Å². The Morgan fingerprint density at radius 3 is 3.11 bits per heavy atom. The van der Waals surface area contributed by atoms with Crippen molar-refractivity contribution in [3.63, 3.8) is 0 Å². The first-order valence-electron chi connectivity index (χ1n) is 5.93. The minimum absolute atomic E-state index is 0.0977. The standard InChI is InChI=1S/C14H14BrN3O/c15-12-3-1-2-11(8-12)4-5-14(19)17-7-6-13-9-16-10-18-13/h1-5,8-10H,6-7H2,(H,16,18)(H,17,19). The number of nitrogens with one attached hydrogen (secondary N) is 2. The van der Waals surface area contributed by atoms with Gasteiger partial charge in [-0.2, -0.15) is 0 Å². The molecule has 0 radical (unpaired) electrons. The molecule has 1 amide bonds. The molecule has 1 heterocycles. The van der Waals surface area contributed by atoms with Crippen LogP contribution in [0.15, 0.2) is 47.3 Å². The summed E-state index contributed by atoms with van der Waals surface area (Å²) >= 11 is 3.39. The molecule has 1 aromatic carbocycles. The van der Waals surface area contributed by atoms with Gasteiger partial charge in [0.05, 0.1) is 6.33 Å². The predicted octanol–water partition coefficient (Wildman–Crippen LogP) is 2.54. The molecule has 0 aliphatic heterocycles. The van der Waals surface area contributed by atoms with Gasteiger partial charge in [0, 0.05) is 35.4 Å². The van der Waals surface area contributed by atoms with Crippen LogP contribution in [0.3, 0.4) is 0 Å². The van der Waals surface area contributed by atoms with Crippen LogP contribution in [0.25, 0.3) is 6.08 Å². The quantitative estimate of drug-likeness (QED) is 0.832. The largest absolute Gasteiger partial charge is 0.352 e. The van der Waals surface area contributed by atoms with Crippen LogP contribution in [0, 0.1) is 0 Å². The molecule has 0 unspecified atom stereocenters. The van der Waals surface area contributed by atoms with Crippen LogP contribution >= 0.6 is 15.9 Å². The minimum atomic E-state index is -0.0977. The molecule has 4 nitrogen and oxygen atoms in total. The van der Waals surface area contributed by atoms with E-state index >= 15 is 0 Å². The molecule has 2 aromatic rings. The predicted molar refractivity (Wildman–Crippen MR) is 78.5 cm³/mol. The van der Waals surface area contributed by atoms with Gasteiger partial charge < -0.3 is 10.3 Å². The number of hydrogen-bond acceptors (Lipinski definition) is 2. The molecule has 1 aromatic heterocycles. The van der Waals surface area contributed by atoms with Crippen molar-refractivity contribution in [2.75, 3.05) is 6.54 Å². The Bertz CT molecular complexity index is 564. The van der Waals surface area contributed by atoms with Crippen molar-refractivity contribution in [1.82, 2.24) is 15.3 Å². The van der Waals surface area contributed by atoms with E-state index in [0.717, 1.165) is 22.2 Å². The fourth-order valence-corrected chi connectivity index (χ4v) is 2.00. The lowest BCUT2D eigenvalue weighted by atomic mass is 10.2. The Balaban J connectivity index is 1.78. The molecular weight excluding hydrogens is 306 g/mol. The number of imidazole rings is 1. The van der Waals surface area contributed by atoms with Crippen LogP contribution in [0.5, 0.6) is 0 Å². The summed E-state index contributed by atoms with van der Waals surface area (Å²) in [6.45, 7) is 0.587. The van der Waals surface area contributed by atoms with Crippen molar-refractivity contribution in [2.45, 2.75) is 6.42 Å². The van der Waals surface area contributed by atoms with E-state index in [1.165, 1.54) is 6.08 Å². The summed E-state index contributed by atoms with van der Waals surface area (Å²) in [7, 11) is 0. The molecule has 0 spiro atoms. The van der Waals surface area contributed by atoms with E-state index in [0.29, 0.717) is 6.54 Å². The minimum Gasteiger partial charge on any atom is -0.352 e. The van der Waals surface area contributed by atoms with Crippen LogP contribution in [0.4, 0.5) is 0 Å². The SMILES string of the molecule is O=C(C=Cc1cccc(Br)c1)NCCc1cnc[nH]1. The lowest BCUT2D eigenvalue weighted by Crippen LogP contribution is -2.23. The smallest absolute Gasteiger partial charge is 0.244 e. The summed E-state index contributed by atoms with van der Waals surface area (Å²) in [6.07, 6.45) is 7.45. The average Bonchev–Trinajstić information content (AvgIpc) is 2.90. The number of benzene rings is 1. The molecule has 5 heteroatoms. The Kier molecular flexibility index (Phi) is 4.92. The van der Waals surface area contributed by atoms with E-state index in [4.69, 9.17) is 0 Å². The maximum absolute atomic E-state index is 11.6. The van der Waals surface area contributed by atoms with Gasteiger partial charge in [0.2, 0.25) is 5.91 Å². The van der Waals surface area contributed by atoms with Gasteiger partial charge in [0.15, 0.2) is 0 Å². The molecule has 2 rings (SSSR count). The van der Waals surface area contributed by atoms with Gasteiger partial charge in [-0.3, -0.25) is 4.79 Å². The summed E-state index contributed by atoms with van der Waals surface area (Å²) < 4.78 is 0.995. The summed E-state index contributed by atoms with van der Waals surface area (Å²) in [5, 5.41) is 2.82.